The monoisotopic (exact) mass is 442 g/mol. The molecule has 3 rings (SSSR count). The lowest BCUT2D eigenvalue weighted by atomic mass is 10.0. The van der Waals surface area contributed by atoms with Gasteiger partial charge in [-0.3, -0.25) is 9.63 Å². The van der Waals surface area contributed by atoms with E-state index in [0.717, 1.165) is 16.2 Å². The first-order chi connectivity index (χ1) is 15.2. The summed E-state index contributed by atoms with van der Waals surface area (Å²) in [7, 11) is 2.95. The molecule has 176 valence electrons. The van der Waals surface area contributed by atoms with E-state index in [1.807, 2.05) is 51.1 Å². The highest BCUT2D eigenvalue weighted by Gasteiger charge is 2.15. The van der Waals surface area contributed by atoms with Crippen LogP contribution in [-0.4, -0.2) is 37.3 Å². The van der Waals surface area contributed by atoms with Crippen molar-refractivity contribution >= 4 is 12.5 Å². The molecule has 0 radical (unpaired) electrons. The summed E-state index contributed by atoms with van der Waals surface area (Å²) < 4.78 is 5.20. The number of alkyl carbamates (subject to hydrolysis) is 1. The third-order valence-corrected chi connectivity index (χ3v) is 4.58. The number of ether oxygens (including phenoxy) is 1. The summed E-state index contributed by atoms with van der Waals surface area (Å²) in [6, 6.07) is 18.3. The Balaban J connectivity index is 0.000000380. The van der Waals surface area contributed by atoms with Crippen LogP contribution in [0.25, 0.3) is 11.1 Å². The van der Waals surface area contributed by atoms with Gasteiger partial charge in [-0.1, -0.05) is 86.7 Å². The van der Waals surface area contributed by atoms with E-state index in [1.54, 1.807) is 0 Å². The number of hydroxylamine groups is 2. The number of hydrogen-bond acceptors (Lipinski definition) is 4. The molecule has 6 heteroatoms. The summed E-state index contributed by atoms with van der Waals surface area (Å²) in [4.78, 5) is 25.5. The van der Waals surface area contributed by atoms with Crippen LogP contribution in [0.3, 0.4) is 0 Å². The highest BCUT2D eigenvalue weighted by atomic mass is 16.7. The Kier molecular flexibility index (Phi) is 12.8. The second-order valence-electron chi connectivity index (χ2n) is 8.52. The van der Waals surface area contributed by atoms with Crippen LogP contribution in [0.2, 0.25) is 0 Å². The molecule has 2 aromatic carbocycles. The Morgan fingerprint density at radius 2 is 1.44 bits per heavy atom. The fraction of sp³-hybridized carbons (Fsp3) is 0.462. The average Bonchev–Trinajstić information content (AvgIpc) is 3.38. The van der Waals surface area contributed by atoms with Crippen molar-refractivity contribution in [1.82, 2.24) is 10.4 Å². The number of carbonyl (C=O) groups excluding carboxylic acids is 2. The van der Waals surface area contributed by atoms with Gasteiger partial charge in [-0.25, -0.2) is 9.86 Å². The molecular weight excluding hydrogens is 404 g/mol. The molecule has 1 fully saturated rings. The maximum atomic E-state index is 11.6. The maximum Gasteiger partial charge on any atom is 0.407 e. The van der Waals surface area contributed by atoms with E-state index in [-0.39, 0.29) is 0 Å². The van der Waals surface area contributed by atoms with E-state index in [1.165, 1.54) is 51.8 Å². The van der Waals surface area contributed by atoms with Gasteiger partial charge in [0.2, 0.25) is 6.41 Å². The normalized spacial score (nSPS) is 12.4. The van der Waals surface area contributed by atoms with Crippen molar-refractivity contribution in [2.75, 3.05) is 14.2 Å². The number of amides is 2. The van der Waals surface area contributed by atoms with Crippen molar-refractivity contribution < 1.29 is 19.2 Å². The molecule has 0 atom stereocenters. The van der Waals surface area contributed by atoms with Crippen molar-refractivity contribution in [3.63, 3.8) is 0 Å². The lowest BCUT2D eigenvalue weighted by molar-refractivity contribution is -0.153. The van der Waals surface area contributed by atoms with Gasteiger partial charge in [0.05, 0.1) is 7.11 Å². The van der Waals surface area contributed by atoms with E-state index in [2.05, 4.69) is 34.4 Å². The summed E-state index contributed by atoms with van der Waals surface area (Å²) in [6.07, 6.45) is 7.69. The van der Waals surface area contributed by atoms with Gasteiger partial charge in [0, 0.05) is 13.6 Å². The molecule has 1 aliphatic rings. The lowest BCUT2D eigenvalue weighted by Gasteiger charge is -2.19. The van der Waals surface area contributed by atoms with E-state index >= 15 is 0 Å². The Morgan fingerprint density at radius 3 is 1.84 bits per heavy atom. The van der Waals surface area contributed by atoms with Crippen molar-refractivity contribution in [3.05, 3.63) is 60.2 Å². The molecule has 1 saturated carbocycles. The van der Waals surface area contributed by atoms with E-state index in [9.17, 15) is 9.59 Å². The first-order valence-electron chi connectivity index (χ1n) is 11.1. The molecule has 2 aromatic rings. The SMILES string of the molecule is C1CCCC1.CC(C)(C)OC(=O)NCc1ccc(-c2ccccc2)cc1.CON(C)C=O. The zero-order chi connectivity index (χ0) is 23.8. The van der Waals surface area contributed by atoms with Crippen LogP contribution in [0.4, 0.5) is 4.79 Å². The third-order valence-electron chi connectivity index (χ3n) is 4.58. The summed E-state index contributed by atoms with van der Waals surface area (Å²) in [6.45, 7) is 6.01. The minimum absolute atomic E-state index is 0.394. The summed E-state index contributed by atoms with van der Waals surface area (Å²) in [5.74, 6) is 0. The van der Waals surface area contributed by atoms with Crippen LogP contribution in [0, 0.1) is 0 Å². The van der Waals surface area contributed by atoms with Crippen LogP contribution in [0.1, 0.15) is 58.4 Å². The van der Waals surface area contributed by atoms with Crippen molar-refractivity contribution in [1.29, 1.82) is 0 Å². The summed E-state index contributed by atoms with van der Waals surface area (Å²) >= 11 is 0. The molecule has 0 bridgehead atoms. The highest BCUT2D eigenvalue weighted by molar-refractivity contribution is 5.68. The Bertz CT molecular complexity index is 759. The number of benzene rings is 2. The van der Waals surface area contributed by atoms with Crippen molar-refractivity contribution in [2.24, 2.45) is 0 Å². The van der Waals surface area contributed by atoms with Crippen LogP contribution < -0.4 is 5.32 Å². The smallest absolute Gasteiger partial charge is 0.407 e. The van der Waals surface area contributed by atoms with Crippen LogP contribution in [-0.2, 0) is 20.9 Å². The van der Waals surface area contributed by atoms with Gasteiger partial charge < -0.3 is 10.1 Å². The van der Waals surface area contributed by atoms with Gasteiger partial charge in [0.25, 0.3) is 0 Å². The second kappa shape index (κ2) is 15.0. The standard InChI is InChI=1S/C18H21NO2.C5H10.C3H7NO2/c1-18(2,3)21-17(20)19-13-14-9-11-16(12-10-14)15-7-5-4-6-8-15;1-2-4-5-3-1;1-4(3-5)6-2/h4-12H,13H2,1-3H3,(H,19,20);1-5H2;3H,1-2H3. The first kappa shape index (κ1) is 27.2. The van der Waals surface area contributed by atoms with Gasteiger partial charge in [-0.2, -0.15) is 0 Å². The van der Waals surface area contributed by atoms with E-state index in [0.29, 0.717) is 13.0 Å². The van der Waals surface area contributed by atoms with E-state index < -0.39 is 11.7 Å². The van der Waals surface area contributed by atoms with Gasteiger partial charge in [0.15, 0.2) is 0 Å². The molecule has 6 nitrogen and oxygen atoms in total. The van der Waals surface area contributed by atoms with Crippen LogP contribution >= 0.6 is 0 Å². The zero-order valence-corrected chi connectivity index (χ0v) is 20.1. The Labute approximate surface area is 192 Å². The minimum Gasteiger partial charge on any atom is -0.444 e. The summed E-state index contributed by atoms with van der Waals surface area (Å²) in [5, 5.41) is 3.82. The molecule has 32 heavy (non-hydrogen) atoms. The molecular formula is C26H38N2O4. The number of carbonyl (C=O) groups is 2. The number of rotatable bonds is 5. The quantitative estimate of drug-likeness (QED) is 0.458. The predicted octanol–water partition coefficient (Wildman–Crippen LogP) is 5.96. The van der Waals surface area contributed by atoms with Crippen LogP contribution in [0.5, 0.6) is 0 Å². The third kappa shape index (κ3) is 12.7. The predicted molar refractivity (Wildman–Crippen MR) is 129 cm³/mol. The molecule has 0 saturated heterocycles. The molecule has 0 aromatic heterocycles. The first-order valence-corrected chi connectivity index (χ1v) is 11.1. The topological polar surface area (TPSA) is 67.9 Å². The molecule has 1 N–H and O–H groups in total. The summed E-state index contributed by atoms with van der Waals surface area (Å²) in [5.41, 5.74) is 2.92. The van der Waals surface area contributed by atoms with Gasteiger partial charge >= 0.3 is 6.09 Å². The molecule has 0 spiro atoms. The lowest BCUT2D eigenvalue weighted by Crippen LogP contribution is -2.32. The maximum absolute atomic E-state index is 11.6. The average molecular weight is 443 g/mol. The van der Waals surface area contributed by atoms with Gasteiger partial charge in [-0.15, -0.1) is 0 Å². The van der Waals surface area contributed by atoms with Crippen LogP contribution in [0.15, 0.2) is 54.6 Å². The molecule has 0 heterocycles. The molecule has 0 unspecified atom stereocenters. The molecule has 1 aliphatic carbocycles. The fourth-order valence-electron chi connectivity index (χ4n) is 2.86. The number of nitrogens with zero attached hydrogens (tertiary/aromatic N) is 1. The zero-order valence-electron chi connectivity index (χ0n) is 20.1. The minimum atomic E-state index is -0.471. The number of hydrogen-bond donors (Lipinski definition) is 1. The molecule has 0 aliphatic heterocycles. The molecule has 2 amide bonds. The largest absolute Gasteiger partial charge is 0.444 e. The van der Waals surface area contributed by atoms with Gasteiger partial charge in [-0.05, 0) is 37.5 Å². The number of nitrogens with one attached hydrogen (secondary N) is 1. The van der Waals surface area contributed by atoms with E-state index in [4.69, 9.17) is 4.74 Å². The van der Waals surface area contributed by atoms with Crippen molar-refractivity contribution in [3.8, 4) is 11.1 Å². The fourth-order valence-corrected chi connectivity index (χ4v) is 2.86. The highest BCUT2D eigenvalue weighted by Crippen LogP contribution is 2.19. The van der Waals surface area contributed by atoms with Gasteiger partial charge in [0.1, 0.15) is 5.60 Å². The Morgan fingerprint density at radius 1 is 0.938 bits per heavy atom. The van der Waals surface area contributed by atoms with Crippen molar-refractivity contribution in [2.45, 2.75) is 65.0 Å². The Hall–Kier alpha value is -2.86. The second-order valence-corrected chi connectivity index (χ2v) is 8.52.